The number of benzene rings is 1. The molecule has 0 heterocycles. The van der Waals surface area contributed by atoms with Crippen molar-refractivity contribution in [3.8, 4) is 11.5 Å². The summed E-state index contributed by atoms with van der Waals surface area (Å²) in [5.74, 6) is 1.24. The molecule has 0 aromatic heterocycles. The summed E-state index contributed by atoms with van der Waals surface area (Å²) in [6, 6.07) is 5.36. The van der Waals surface area contributed by atoms with Crippen LogP contribution < -0.4 is 9.47 Å². The molecule has 0 spiro atoms. The van der Waals surface area contributed by atoms with Gasteiger partial charge in [-0.05, 0) is 31.5 Å². The number of rotatable bonds is 9. The standard InChI is InChI=1S/C13H21O5PS/c1-5-9-19(14,17-6-2)18-20-11-7-8-12(15-3)13(10-11)16-4/h7-8,10H,5-6,9H2,1-4H3. The van der Waals surface area contributed by atoms with Crippen molar-refractivity contribution in [3.05, 3.63) is 18.2 Å². The molecule has 1 aromatic rings. The molecule has 0 saturated heterocycles. The lowest BCUT2D eigenvalue weighted by Gasteiger charge is -2.16. The molecule has 7 heteroatoms. The van der Waals surface area contributed by atoms with Gasteiger partial charge in [0.15, 0.2) is 11.5 Å². The van der Waals surface area contributed by atoms with Crippen molar-refractivity contribution in [2.24, 2.45) is 0 Å². The van der Waals surface area contributed by atoms with Gasteiger partial charge in [0.2, 0.25) is 0 Å². The van der Waals surface area contributed by atoms with Gasteiger partial charge in [0.25, 0.3) is 0 Å². The molecule has 1 aromatic carbocycles. The highest BCUT2D eigenvalue weighted by atomic mass is 32.2. The van der Waals surface area contributed by atoms with Crippen LogP contribution >= 0.6 is 19.6 Å². The van der Waals surface area contributed by atoms with E-state index in [9.17, 15) is 4.57 Å². The molecule has 1 unspecified atom stereocenters. The fourth-order valence-electron chi connectivity index (χ4n) is 1.56. The molecule has 5 nitrogen and oxygen atoms in total. The van der Waals surface area contributed by atoms with Gasteiger partial charge in [-0.2, -0.15) is 0 Å². The molecule has 20 heavy (non-hydrogen) atoms. The minimum Gasteiger partial charge on any atom is -0.493 e. The molecule has 0 radical (unpaired) electrons. The molecule has 0 fully saturated rings. The summed E-state index contributed by atoms with van der Waals surface area (Å²) in [5, 5.41) is 0. The Morgan fingerprint density at radius 1 is 1.15 bits per heavy atom. The van der Waals surface area contributed by atoms with Crippen LogP contribution in [0.4, 0.5) is 0 Å². The minimum atomic E-state index is -3.04. The normalized spacial score (nSPS) is 13.8. The van der Waals surface area contributed by atoms with Crippen LogP contribution in [-0.4, -0.2) is 27.0 Å². The van der Waals surface area contributed by atoms with Crippen molar-refractivity contribution >= 4 is 19.6 Å². The molecule has 1 rings (SSSR count). The highest BCUT2D eigenvalue weighted by Gasteiger charge is 2.24. The van der Waals surface area contributed by atoms with E-state index in [1.165, 1.54) is 0 Å². The fraction of sp³-hybridized carbons (Fsp3) is 0.538. The first-order chi connectivity index (χ1) is 9.58. The number of methoxy groups -OCH3 is 2. The van der Waals surface area contributed by atoms with Crippen molar-refractivity contribution < 1.29 is 22.5 Å². The third kappa shape index (κ3) is 5.02. The first-order valence-electron chi connectivity index (χ1n) is 6.40. The molecule has 0 saturated carbocycles. The lowest BCUT2D eigenvalue weighted by molar-refractivity contribution is 0.289. The zero-order valence-electron chi connectivity index (χ0n) is 12.3. The molecule has 0 aliphatic carbocycles. The Bertz CT molecular complexity index is 456. The molecule has 0 bridgehead atoms. The lowest BCUT2D eigenvalue weighted by atomic mass is 10.3. The summed E-state index contributed by atoms with van der Waals surface area (Å²) >= 11 is 1.03. The van der Waals surface area contributed by atoms with Gasteiger partial charge < -0.3 is 14.0 Å². The molecule has 0 amide bonds. The smallest absolute Gasteiger partial charge is 0.341 e. The number of hydrogen-bond donors (Lipinski definition) is 0. The van der Waals surface area contributed by atoms with E-state index in [2.05, 4.69) is 0 Å². The van der Waals surface area contributed by atoms with E-state index in [-0.39, 0.29) is 0 Å². The van der Waals surface area contributed by atoms with E-state index in [0.29, 0.717) is 24.3 Å². The maximum atomic E-state index is 12.3. The van der Waals surface area contributed by atoms with E-state index in [1.54, 1.807) is 33.3 Å². The third-order valence-electron chi connectivity index (χ3n) is 2.43. The van der Waals surface area contributed by atoms with Crippen LogP contribution in [-0.2, 0) is 13.1 Å². The van der Waals surface area contributed by atoms with E-state index < -0.39 is 7.60 Å². The van der Waals surface area contributed by atoms with Gasteiger partial charge in [-0.25, -0.2) is 3.97 Å². The Labute approximate surface area is 124 Å². The number of ether oxygens (including phenoxy) is 2. The number of hydrogen-bond acceptors (Lipinski definition) is 6. The Hall–Kier alpha value is -0.680. The first-order valence-corrected chi connectivity index (χ1v) is 8.87. The second-order valence-corrected chi connectivity index (χ2v) is 7.09. The minimum absolute atomic E-state index is 0.365. The maximum Gasteiger partial charge on any atom is 0.341 e. The molecule has 1 atom stereocenters. The first kappa shape index (κ1) is 17.4. The second kappa shape index (κ2) is 8.57. The average Bonchev–Trinajstić information content (AvgIpc) is 2.45. The predicted molar refractivity (Wildman–Crippen MR) is 80.9 cm³/mol. The van der Waals surface area contributed by atoms with Crippen LogP contribution in [0.15, 0.2) is 23.1 Å². The molecule has 0 aliphatic rings. The Morgan fingerprint density at radius 2 is 1.85 bits per heavy atom. The predicted octanol–water partition coefficient (Wildman–Crippen LogP) is 4.37. The van der Waals surface area contributed by atoms with E-state index in [1.807, 2.05) is 13.0 Å². The zero-order valence-corrected chi connectivity index (χ0v) is 14.0. The van der Waals surface area contributed by atoms with Gasteiger partial charge >= 0.3 is 7.60 Å². The SMILES string of the molecule is CCCP(=O)(OCC)OSc1ccc(OC)c(OC)c1. The largest absolute Gasteiger partial charge is 0.493 e. The van der Waals surface area contributed by atoms with Gasteiger partial charge in [-0.15, -0.1) is 0 Å². The highest BCUT2D eigenvalue weighted by Crippen LogP contribution is 2.53. The summed E-state index contributed by atoms with van der Waals surface area (Å²) in [6.45, 7) is 4.10. The molecule has 114 valence electrons. The van der Waals surface area contributed by atoms with Gasteiger partial charge in [0, 0.05) is 16.9 Å². The van der Waals surface area contributed by atoms with Gasteiger partial charge in [0.05, 0.1) is 27.0 Å². The van der Waals surface area contributed by atoms with E-state index in [0.717, 1.165) is 23.4 Å². The monoisotopic (exact) mass is 320 g/mol. The van der Waals surface area contributed by atoms with E-state index >= 15 is 0 Å². The van der Waals surface area contributed by atoms with Crippen LogP contribution in [0.1, 0.15) is 20.3 Å². The second-order valence-electron chi connectivity index (χ2n) is 3.93. The summed E-state index contributed by atoms with van der Waals surface area (Å²) in [7, 11) is 0.104. The highest BCUT2D eigenvalue weighted by molar-refractivity contribution is 7.98. The van der Waals surface area contributed by atoms with Gasteiger partial charge in [-0.3, -0.25) is 4.57 Å². The van der Waals surface area contributed by atoms with Crippen molar-refractivity contribution in [3.63, 3.8) is 0 Å². The third-order valence-corrected chi connectivity index (χ3v) is 5.72. The van der Waals surface area contributed by atoms with Crippen LogP contribution in [0, 0.1) is 0 Å². The Morgan fingerprint density at radius 3 is 2.40 bits per heavy atom. The summed E-state index contributed by atoms with van der Waals surface area (Å²) in [4.78, 5) is 0.777. The van der Waals surface area contributed by atoms with Crippen molar-refractivity contribution in [1.82, 2.24) is 0 Å². The van der Waals surface area contributed by atoms with Gasteiger partial charge in [-0.1, -0.05) is 6.92 Å². The maximum absolute atomic E-state index is 12.3. The quantitative estimate of drug-likeness (QED) is 0.497. The lowest BCUT2D eigenvalue weighted by Crippen LogP contribution is -1.96. The molecule has 0 aliphatic heterocycles. The molecule has 0 N–H and O–H groups in total. The van der Waals surface area contributed by atoms with Crippen molar-refractivity contribution in [2.45, 2.75) is 25.2 Å². The van der Waals surface area contributed by atoms with Gasteiger partial charge in [0.1, 0.15) is 0 Å². The van der Waals surface area contributed by atoms with Crippen LogP contribution in [0.3, 0.4) is 0 Å². The van der Waals surface area contributed by atoms with Crippen LogP contribution in [0.25, 0.3) is 0 Å². The van der Waals surface area contributed by atoms with E-state index in [4.69, 9.17) is 18.0 Å². The summed E-state index contributed by atoms with van der Waals surface area (Å²) in [6.07, 6.45) is 1.14. The molecular formula is C13H21O5PS. The Balaban J connectivity index is 2.75. The van der Waals surface area contributed by atoms with Crippen LogP contribution in [0.5, 0.6) is 11.5 Å². The molecular weight excluding hydrogens is 299 g/mol. The zero-order chi connectivity index (χ0) is 15.0. The summed E-state index contributed by atoms with van der Waals surface area (Å²) < 4.78 is 33.4. The fourth-order valence-corrected chi connectivity index (χ4v) is 4.18. The Kier molecular flexibility index (Phi) is 7.45. The summed E-state index contributed by atoms with van der Waals surface area (Å²) in [5.41, 5.74) is 0. The van der Waals surface area contributed by atoms with Crippen molar-refractivity contribution in [2.75, 3.05) is 27.0 Å². The van der Waals surface area contributed by atoms with Crippen molar-refractivity contribution in [1.29, 1.82) is 0 Å². The van der Waals surface area contributed by atoms with Crippen LogP contribution in [0.2, 0.25) is 0 Å². The topological polar surface area (TPSA) is 54.0 Å². The average molecular weight is 320 g/mol.